The van der Waals surface area contributed by atoms with Gasteiger partial charge in [0, 0.05) is 0 Å². The van der Waals surface area contributed by atoms with Gasteiger partial charge in [-0.1, -0.05) is 37.9 Å². The zero-order chi connectivity index (χ0) is 9.23. The van der Waals surface area contributed by atoms with E-state index < -0.39 is 0 Å². The molecular formula is C9H18OS2. The molecule has 0 spiro atoms. The van der Waals surface area contributed by atoms with Crippen molar-refractivity contribution in [3.8, 4) is 0 Å². The first-order chi connectivity index (χ1) is 5.81. The molecule has 0 bridgehead atoms. The highest BCUT2D eigenvalue weighted by atomic mass is 32.2. The van der Waals surface area contributed by atoms with Gasteiger partial charge in [-0.3, -0.25) is 4.79 Å². The first-order valence-electron chi connectivity index (χ1n) is 4.45. The fourth-order valence-electron chi connectivity index (χ4n) is 0.845. The van der Waals surface area contributed by atoms with Gasteiger partial charge in [-0.05, 0) is 18.4 Å². The number of carbonyl (C=O) groups excluding carboxylic acids is 1. The minimum atomic E-state index is 0.301. The third kappa shape index (κ3) is 8.47. The summed E-state index contributed by atoms with van der Waals surface area (Å²) in [5, 5.41) is 0.301. The predicted octanol–water partition coefficient (Wildman–Crippen LogP) is 3.19. The molecule has 0 amide bonds. The largest absolute Gasteiger partial charge is 0.286 e. The van der Waals surface area contributed by atoms with Crippen molar-refractivity contribution in [2.24, 2.45) is 0 Å². The maximum Gasteiger partial charge on any atom is 0.198 e. The van der Waals surface area contributed by atoms with Gasteiger partial charge in [-0.2, -0.15) is 11.8 Å². The van der Waals surface area contributed by atoms with E-state index in [1.165, 1.54) is 37.4 Å². The van der Waals surface area contributed by atoms with Crippen LogP contribution in [-0.4, -0.2) is 22.9 Å². The number of rotatable bonds is 7. The van der Waals surface area contributed by atoms with E-state index in [-0.39, 0.29) is 0 Å². The lowest BCUT2D eigenvalue weighted by Gasteiger charge is -1.98. The third-order valence-electron chi connectivity index (χ3n) is 1.59. The van der Waals surface area contributed by atoms with Gasteiger partial charge in [-0.15, -0.1) is 0 Å². The Morgan fingerprint density at radius 3 is 2.58 bits per heavy atom. The zero-order valence-corrected chi connectivity index (χ0v) is 9.60. The molecule has 0 fully saturated rings. The number of unbranched alkanes of at least 4 members (excludes halogenated alkanes) is 3. The molecule has 0 rings (SSSR count). The monoisotopic (exact) mass is 206 g/mol. The molecular weight excluding hydrogens is 188 g/mol. The first-order valence-corrected chi connectivity index (χ1v) is 6.83. The highest BCUT2D eigenvalue weighted by Crippen LogP contribution is 2.10. The second kappa shape index (κ2) is 9.46. The predicted molar refractivity (Wildman–Crippen MR) is 60.0 cm³/mol. The molecule has 0 N–H and O–H groups in total. The van der Waals surface area contributed by atoms with E-state index in [1.54, 1.807) is 11.8 Å². The van der Waals surface area contributed by atoms with Crippen molar-refractivity contribution in [3.63, 3.8) is 0 Å². The van der Waals surface area contributed by atoms with E-state index in [4.69, 9.17) is 0 Å². The molecule has 0 atom stereocenters. The summed E-state index contributed by atoms with van der Waals surface area (Å²) in [6, 6.07) is 0. The summed E-state index contributed by atoms with van der Waals surface area (Å²) < 4.78 is 0. The molecule has 0 aliphatic heterocycles. The van der Waals surface area contributed by atoms with Crippen molar-refractivity contribution in [2.75, 3.05) is 17.8 Å². The van der Waals surface area contributed by atoms with Gasteiger partial charge >= 0.3 is 0 Å². The van der Waals surface area contributed by atoms with E-state index in [0.29, 0.717) is 10.9 Å². The highest BCUT2D eigenvalue weighted by Gasteiger charge is 1.97. The molecule has 1 nitrogen and oxygen atoms in total. The Balaban J connectivity index is 2.95. The molecule has 0 aliphatic carbocycles. The second-order valence-electron chi connectivity index (χ2n) is 2.69. The normalized spacial score (nSPS) is 10.2. The molecule has 0 unspecified atom stereocenters. The standard InChI is InChI=1S/C9H18OS2/c1-3-4-5-6-7-12-8-9(10)11-2/h3-8H2,1-2H3. The Morgan fingerprint density at radius 1 is 1.25 bits per heavy atom. The van der Waals surface area contributed by atoms with Crippen molar-refractivity contribution >= 4 is 28.6 Å². The molecule has 0 aromatic rings. The molecule has 0 saturated heterocycles. The van der Waals surface area contributed by atoms with Crippen LogP contribution in [0.5, 0.6) is 0 Å². The molecule has 0 radical (unpaired) electrons. The number of hydrogen-bond acceptors (Lipinski definition) is 3. The van der Waals surface area contributed by atoms with Crippen LogP contribution in [0.1, 0.15) is 32.6 Å². The minimum Gasteiger partial charge on any atom is -0.286 e. The smallest absolute Gasteiger partial charge is 0.198 e. The highest BCUT2D eigenvalue weighted by molar-refractivity contribution is 8.15. The van der Waals surface area contributed by atoms with E-state index in [0.717, 1.165) is 5.75 Å². The average Bonchev–Trinajstić information content (AvgIpc) is 2.10. The lowest BCUT2D eigenvalue weighted by molar-refractivity contribution is -0.108. The Labute approximate surface area is 84.1 Å². The molecule has 3 heteroatoms. The van der Waals surface area contributed by atoms with Crippen LogP contribution >= 0.6 is 23.5 Å². The Hall–Kier alpha value is 0.370. The van der Waals surface area contributed by atoms with Gasteiger partial charge in [0.2, 0.25) is 0 Å². The van der Waals surface area contributed by atoms with E-state index >= 15 is 0 Å². The van der Waals surface area contributed by atoms with Crippen molar-refractivity contribution < 1.29 is 4.79 Å². The van der Waals surface area contributed by atoms with Gasteiger partial charge < -0.3 is 0 Å². The molecule has 0 saturated carbocycles. The van der Waals surface area contributed by atoms with Gasteiger partial charge in [0.25, 0.3) is 0 Å². The summed E-state index contributed by atoms with van der Waals surface area (Å²) in [6.45, 7) is 2.21. The molecule has 0 aromatic heterocycles. The van der Waals surface area contributed by atoms with Crippen LogP contribution in [0.3, 0.4) is 0 Å². The van der Waals surface area contributed by atoms with Crippen LogP contribution < -0.4 is 0 Å². The molecule has 0 heterocycles. The topological polar surface area (TPSA) is 17.1 Å². The Bertz CT molecular complexity index is 115. The summed E-state index contributed by atoms with van der Waals surface area (Å²) in [4.78, 5) is 10.8. The fraction of sp³-hybridized carbons (Fsp3) is 0.889. The van der Waals surface area contributed by atoms with Gasteiger partial charge in [-0.25, -0.2) is 0 Å². The molecule has 0 aliphatic rings. The SMILES string of the molecule is CCCCCCSCC(=O)SC. The van der Waals surface area contributed by atoms with Crippen molar-refractivity contribution in [1.82, 2.24) is 0 Å². The summed E-state index contributed by atoms with van der Waals surface area (Å²) in [6.07, 6.45) is 7.04. The third-order valence-corrected chi connectivity index (χ3v) is 3.42. The first kappa shape index (κ1) is 12.4. The van der Waals surface area contributed by atoms with Crippen LogP contribution in [-0.2, 0) is 4.79 Å². The van der Waals surface area contributed by atoms with E-state index in [2.05, 4.69) is 6.92 Å². The lowest BCUT2D eigenvalue weighted by atomic mass is 10.2. The van der Waals surface area contributed by atoms with Crippen LogP contribution in [0.2, 0.25) is 0 Å². The summed E-state index contributed by atoms with van der Waals surface area (Å²) in [7, 11) is 0. The van der Waals surface area contributed by atoms with Gasteiger partial charge in [0.05, 0.1) is 5.75 Å². The molecule has 72 valence electrons. The van der Waals surface area contributed by atoms with Gasteiger partial charge in [0.1, 0.15) is 0 Å². The van der Waals surface area contributed by atoms with E-state index in [1.807, 2.05) is 6.26 Å². The number of carbonyl (C=O) groups is 1. The Morgan fingerprint density at radius 2 is 2.00 bits per heavy atom. The number of hydrogen-bond donors (Lipinski definition) is 0. The van der Waals surface area contributed by atoms with Crippen molar-refractivity contribution in [1.29, 1.82) is 0 Å². The summed E-state index contributed by atoms with van der Waals surface area (Å²) >= 11 is 3.10. The van der Waals surface area contributed by atoms with Crippen molar-refractivity contribution in [2.45, 2.75) is 32.6 Å². The minimum absolute atomic E-state index is 0.301. The van der Waals surface area contributed by atoms with Gasteiger partial charge in [0.15, 0.2) is 5.12 Å². The fourth-order valence-corrected chi connectivity index (χ4v) is 2.29. The van der Waals surface area contributed by atoms with Crippen LogP contribution in [0.15, 0.2) is 0 Å². The summed E-state index contributed by atoms with van der Waals surface area (Å²) in [5.74, 6) is 1.83. The summed E-state index contributed by atoms with van der Waals surface area (Å²) in [5.41, 5.74) is 0. The molecule has 0 aromatic carbocycles. The van der Waals surface area contributed by atoms with Crippen molar-refractivity contribution in [3.05, 3.63) is 0 Å². The second-order valence-corrected chi connectivity index (χ2v) is 4.66. The Kier molecular flexibility index (Phi) is 9.75. The van der Waals surface area contributed by atoms with Crippen LogP contribution in [0.4, 0.5) is 0 Å². The lowest BCUT2D eigenvalue weighted by Crippen LogP contribution is -1.94. The van der Waals surface area contributed by atoms with Crippen LogP contribution in [0.25, 0.3) is 0 Å². The average molecular weight is 206 g/mol. The van der Waals surface area contributed by atoms with E-state index in [9.17, 15) is 4.79 Å². The quantitative estimate of drug-likeness (QED) is 0.596. The van der Waals surface area contributed by atoms with Crippen LogP contribution in [0, 0.1) is 0 Å². The maximum atomic E-state index is 10.8. The maximum absolute atomic E-state index is 10.8. The zero-order valence-electron chi connectivity index (χ0n) is 7.97. The number of thioether (sulfide) groups is 2. The molecule has 12 heavy (non-hydrogen) atoms.